The molecule has 1 aromatic rings. The molecule has 0 radical (unpaired) electrons. The van der Waals surface area contributed by atoms with Gasteiger partial charge in [0.1, 0.15) is 5.75 Å². The van der Waals surface area contributed by atoms with E-state index >= 15 is 0 Å². The number of methoxy groups -OCH3 is 1. The van der Waals surface area contributed by atoms with Gasteiger partial charge in [0.2, 0.25) is 6.08 Å². The number of hydrogen-bond acceptors (Lipinski definition) is 4. The molecule has 0 heterocycles. The first-order valence-corrected chi connectivity index (χ1v) is 5.47. The molecule has 0 aliphatic carbocycles. The van der Waals surface area contributed by atoms with Crippen molar-refractivity contribution in [2.24, 2.45) is 4.99 Å². The van der Waals surface area contributed by atoms with Crippen LogP contribution in [-0.4, -0.2) is 19.4 Å². The fourth-order valence-electron chi connectivity index (χ4n) is 1.24. The fourth-order valence-corrected chi connectivity index (χ4v) is 1.83. The zero-order chi connectivity index (χ0) is 12.2. The Morgan fingerprint density at radius 1 is 1.50 bits per heavy atom. The lowest BCUT2D eigenvalue weighted by atomic mass is 10.1. The Labute approximate surface area is 95.5 Å². The first kappa shape index (κ1) is 12.7. The number of isocyanates is 1. The van der Waals surface area contributed by atoms with Gasteiger partial charge >= 0.3 is 6.05 Å². The molecule has 3 nitrogen and oxygen atoms in total. The predicted molar refractivity (Wildman–Crippen MR) is 56.8 cm³/mol. The van der Waals surface area contributed by atoms with Gasteiger partial charge in [0.25, 0.3) is 0 Å². The van der Waals surface area contributed by atoms with Crippen LogP contribution >= 0.6 is 11.8 Å². The van der Waals surface area contributed by atoms with E-state index in [1.54, 1.807) is 12.3 Å². The highest BCUT2D eigenvalue weighted by atomic mass is 32.2. The number of alkyl halides is 2. The summed E-state index contributed by atoms with van der Waals surface area (Å²) in [5.74, 6) is 0.0269. The lowest BCUT2D eigenvalue weighted by Gasteiger charge is -2.15. The van der Waals surface area contributed by atoms with Crippen molar-refractivity contribution in [3.8, 4) is 5.75 Å². The minimum Gasteiger partial charge on any atom is -0.495 e. The lowest BCUT2D eigenvalue weighted by molar-refractivity contribution is 0.00355. The average Bonchev–Trinajstić information content (AvgIpc) is 2.27. The molecule has 86 valence electrons. The summed E-state index contributed by atoms with van der Waals surface area (Å²) in [7, 11) is 1.29. The van der Waals surface area contributed by atoms with Gasteiger partial charge in [0.05, 0.1) is 12.7 Å². The molecule has 0 aromatic heterocycles. The third-order valence-corrected chi connectivity index (χ3v) is 2.67. The molecular weight excluding hydrogens is 236 g/mol. The maximum atomic E-state index is 13.4. The number of carbonyl (C=O) groups excluding carboxylic acids is 1. The van der Waals surface area contributed by atoms with Crippen molar-refractivity contribution >= 4 is 17.8 Å². The molecule has 0 aliphatic heterocycles. The van der Waals surface area contributed by atoms with E-state index in [4.69, 9.17) is 4.74 Å². The van der Waals surface area contributed by atoms with Crippen LogP contribution in [0.5, 0.6) is 5.75 Å². The van der Waals surface area contributed by atoms with Crippen LogP contribution in [0.15, 0.2) is 28.1 Å². The Kier molecular flexibility index (Phi) is 4.04. The van der Waals surface area contributed by atoms with Gasteiger partial charge in [0.15, 0.2) is 0 Å². The molecule has 0 aliphatic rings. The highest BCUT2D eigenvalue weighted by Crippen LogP contribution is 2.40. The summed E-state index contributed by atoms with van der Waals surface area (Å²) < 4.78 is 31.7. The highest BCUT2D eigenvalue weighted by molar-refractivity contribution is 7.98. The van der Waals surface area contributed by atoms with Gasteiger partial charge in [-0.25, -0.2) is 4.79 Å². The third-order valence-electron chi connectivity index (χ3n) is 1.91. The van der Waals surface area contributed by atoms with Crippen molar-refractivity contribution < 1.29 is 18.3 Å². The second kappa shape index (κ2) is 5.09. The number of rotatable bonds is 4. The van der Waals surface area contributed by atoms with E-state index in [2.05, 4.69) is 4.99 Å². The number of aliphatic imine (C=N–C) groups is 1. The summed E-state index contributed by atoms with van der Waals surface area (Å²) in [4.78, 5) is 13.0. The van der Waals surface area contributed by atoms with Crippen LogP contribution in [0, 0.1) is 0 Å². The number of nitrogens with zero attached hydrogens (tertiary/aromatic N) is 1. The smallest absolute Gasteiger partial charge is 0.382 e. The van der Waals surface area contributed by atoms with Crippen LogP contribution in [0.2, 0.25) is 0 Å². The number of thioether (sulfide) groups is 1. The molecule has 0 saturated heterocycles. The number of ether oxygens (including phenoxy) is 1. The van der Waals surface area contributed by atoms with Crippen molar-refractivity contribution in [1.82, 2.24) is 0 Å². The van der Waals surface area contributed by atoms with Crippen molar-refractivity contribution in [1.29, 1.82) is 0 Å². The van der Waals surface area contributed by atoms with E-state index in [-0.39, 0.29) is 5.75 Å². The number of hydrogen-bond donors (Lipinski definition) is 0. The minimum atomic E-state index is -3.61. The van der Waals surface area contributed by atoms with E-state index in [0.717, 1.165) is 6.08 Å². The Balaban J connectivity index is 3.38. The molecule has 1 rings (SSSR count). The van der Waals surface area contributed by atoms with Crippen LogP contribution in [0.3, 0.4) is 0 Å². The molecule has 0 atom stereocenters. The number of halogens is 2. The van der Waals surface area contributed by atoms with Gasteiger partial charge in [-0.2, -0.15) is 8.78 Å². The lowest BCUT2D eigenvalue weighted by Crippen LogP contribution is -2.11. The summed E-state index contributed by atoms with van der Waals surface area (Å²) in [6.45, 7) is 0. The average molecular weight is 245 g/mol. The molecule has 6 heteroatoms. The molecular formula is C10H9F2NO2S. The molecule has 16 heavy (non-hydrogen) atoms. The van der Waals surface area contributed by atoms with Gasteiger partial charge in [0, 0.05) is 4.90 Å². The number of para-hydroxylation sites is 1. The maximum absolute atomic E-state index is 13.4. The molecule has 0 fully saturated rings. The Morgan fingerprint density at radius 2 is 2.19 bits per heavy atom. The van der Waals surface area contributed by atoms with Gasteiger partial charge in [-0.05, 0) is 18.4 Å². The summed E-state index contributed by atoms with van der Waals surface area (Å²) in [6, 6.07) is 0.657. The molecule has 0 saturated carbocycles. The highest BCUT2D eigenvalue weighted by Gasteiger charge is 2.35. The van der Waals surface area contributed by atoms with Crippen LogP contribution in [-0.2, 0) is 10.8 Å². The third kappa shape index (κ3) is 2.40. The maximum Gasteiger partial charge on any atom is 0.382 e. The second-order valence-corrected chi connectivity index (χ2v) is 3.63. The minimum absolute atomic E-state index is 0.0269. The van der Waals surface area contributed by atoms with Crippen LogP contribution in [0.1, 0.15) is 5.56 Å². The molecule has 0 bridgehead atoms. The first-order chi connectivity index (χ1) is 7.56. The topological polar surface area (TPSA) is 38.7 Å². The Hall–Kier alpha value is -1.39. The SMILES string of the molecule is COc1c(SC)cccc1C(F)(F)N=C=O. The van der Waals surface area contributed by atoms with E-state index in [9.17, 15) is 13.6 Å². The molecule has 0 N–H and O–H groups in total. The monoisotopic (exact) mass is 245 g/mol. The Morgan fingerprint density at radius 3 is 2.69 bits per heavy atom. The zero-order valence-corrected chi connectivity index (χ0v) is 9.48. The van der Waals surface area contributed by atoms with E-state index in [0.29, 0.717) is 4.90 Å². The summed E-state index contributed by atoms with van der Waals surface area (Å²) in [5, 5.41) is 0. The summed E-state index contributed by atoms with van der Waals surface area (Å²) >= 11 is 1.27. The summed E-state index contributed by atoms with van der Waals surface area (Å²) in [5.41, 5.74) is -0.440. The normalized spacial score (nSPS) is 10.8. The van der Waals surface area contributed by atoms with Crippen molar-refractivity contribution in [2.75, 3.05) is 13.4 Å². The second-order valence-electron chi connectivity index (χ2n) is 2.79. The van der Waals surface area contributed by atoms with E-state index in [1.165, 1.54) is 31.0 Å². The van der Waals surface area contributed by atoms with Gasteiger partial charge in [-0.3, -0.25) is 0 Å². The number of benzene rings is 1. The summed E-state index contributed by atoms with van der Waals surface area (Å²) in [6.07, 6.45) is 2.60. The molecule has 0 amide bonds. The predicted octanol–water partition coefficient (Wildman–Crippen LogP) is 2.80. The van der Waals surface area contributed by atoms with Crippen molar-refractivity contribution in [3.05, 3.63) is 23.8 Å². The first-order valence-electron chi connectivity index (χ1n) is 4.25. The van der Waals surface area contributed by atoms with Gasteiger partial charge in [-0.1, -0.05) is 6.07 Å². The molecule has 1 aromatic carbocycles. The van der Waals surface area contributed by atoms with E-state index in [1.807, 2.05) is 0 Å². The fraction of sp³-hybridized carbons (Fsp3) is 0.300. The standard InChI is InChI=1S/C10H9F2NO2S/c1-15-9-7(10(11,12)13-6-14)4-3-5-8(9)16-2/h3-5H,1-2H3. The van der Waals surface area contributed by atoms with Crippen LogP contribution in [0.25, 0.3) is 0 Å². The van der Waals surface area contributed by atoms with Gasteiger partial charge in [-0.15, -0.1) is 16.8 Å². The van der Waals surface area contributed by atoms with Crippen molar-refractivity contribution in [3.63, 3.8) is 0 Å². The molecule has 0 unspecified atom stereocenters. The molecule has 0 spiro atoms. The zero-order valence-electron chi connectivity index (χ0n) is 8.66. The van der Waals surface area contributed by atoms with Crippen LogP contribution < -0.4 is 4.74 Å². The Bertz CT molecular complexity index is 431. The van der Waals surface area contributed by atoms with E-state index < -0.39 is 11.6 Å². The van der Waals surface area contributed by atoms with Gasteiger partial charge < -0.3 is 4.74 Å². The van der Waals surface area contributed by atoms with Crippen LogP contribution in [0.4, 0.5) is 8.78 Å². The van der Waals surface area contributed by atoms with Crippen molar-refractivity contribution in [2.45, 2.75) is 10.9 Å². The largest absolute Gasteiger partial charge is 0.495 e. The quantitative estimate of drug-likeness (QED) is 0.354.